The number of anilines is 1. The Morgan fingerprint density at radius 1 is 0.951 bits per heavy atom. The van der Waals surface area contributed by atoms with Crippen LogP contribution in [0.4, 0.5) is 10.1 Å². The third-order valence-electron chi connectivity index (χ3n) is 7.39. The maximum Gasteiger partial charge on any atom is 0.264 e. The minimum Gasteiger partial charge on any atom is -0.497 e. The molecular formula is C31H36FN3O5S. The molecule has 0 saturated heterocycles. The summed E-state index contributed by atoms with van der Waals surface area (Å²) in [6, 6.07) is 19.2. The predicted octanol–water partition coefficient (Wildman–Crippen LogP) is 4.90. The van der Waals surface area contributed by atoms with E-state index in [2.05, 4.69) is 5.32 Å². The summed E-state index contributed by atoms with van der Waals surface area (Å²) in [7, 11) is -2.68. The van der Waals surface area contributed by atoms with Gasteiger partial charge in [0.2, 0.25) is 11.8 Å². The molecular weight excluding hydrogens is 545 g/mol. The standard InChI is InChI=1S/C31H36FN3O5S/c1-23(31(37)33-25-12-5-3-6-13-25)34(21-24-11-9-10-16-29(24)32)30(36)22-35(26-17-19-27(40-2)20-18-26)41(38,39)28-14-7-4-8-15-28/h4,7-11,14-20,23,25H,3,5-6,12-13,21-22H2,1-2H3,(H,33,37). The number of nitrogens with one attached hydrogen (secondary N) is 1. The van der Waals surface area contributed by atoms with Crippen molar-refractivity contribution in [2.45, 2.75) is 62.6 Å². The first-order chi connectivity index (χ1) is 19.7. The zero-order chi connectivity index (χ0) is 29.4. The molecule has 41 heavy (non-hydrogen) atoms. The van der Waals surface area contributed by atoms with Gasteiger partial charge in [0.05, 0.1) is 17.7 Å². The van der Waals surface area contributed by atoms with Crippen LogP contribution in [0.1, 0.15) is 44.6 Å². The first-order valence-corrected chi connectivity index (χ1v) is 15.2. The van der Waals surface area contributed by atoms with E-state index in [9.17, 15) is 22.4 Å². The van der Waals surface area contributed by atoms with Crippen molar-refractivity contribution in [2.24, 2.45) is 0 Å². The fraction of sp³-hybridized carbons (Fsp3) is 0.355. The molecule has 1 fully saturated rings. The summed E-state index contributed by atoms with van der Waals surface area (Å²) in [5, 5.41) is 3.04. The van der Waals surface area contributed by atoms with Crippen LogP contribution in [-0.4, -0.2) is 50.9 Å². The molecule has 3 aromatic rings. The maximum absolute atomic E-state index is 14.7. The molecule has 0 aromatic heterocycles. The molecule has 0 radical (unpaired) electrons. The van der Waals surface area contributed by atoms with E-state index in [1.807, 2.05) is 0 Å². The lowest BCUT2D eigenvalue weighted by Gasteiger charge is -2.33. The molecule has 4 rings (SSSR count). The second kappa shape index (κ2) is 13.6. The number of ether oxygens (including phenoxy) is 1. The molecule has 1 atom stereocenters. The van der Waals surface area contributed by atoms with Gasteiger partial charge in [0, 0.05) is 18.2 Å². The van der Waals surface area contributed by atoms with Gasteiger partial charge in [-0.25, -0.2) is 12.8 Å². The van der Waals surface area contributed by atoms with E-state index in [4.69, 9.17) is 4.74 Å². The van der Waals surface area contributed by atoms with Gasteiger partial charge in [-0.1, -0.05) is 55.7 Å². The third-order valence-corrected chi connectivity index (χ3v) is 9.18. The minimum absolute atomic E-state index is 0.00682. The number of sulfonamides is 1. The zero-order valence-corrected chi connectivity index (χ0v) is 24.1. The Kier molecular flexibility index (Phi) is 9.99. The average molecular weight is 582 g/mol. The molecule has 0 aliphatic heterocycles. The van der Waals surface area contributed by atoms with E-state index in [1.165, 1.54) is 30.2 Å². The monoisotopic (exact) mass is 581 g/mol. The van der Waals surface area contributed by atoms with Crippen molar-refractivity contribution in [3.8, 4) is 5.75 Å². The molecule has 0 heterocycles. The Morgan fingerprint density at radius 3 is 2.22 bits per heavy atom. The van der Waals surface area contributed by atoms with Gasteiger partial charge >= 0.3 is 0 Å². The summed E-state index contributed by atoms with van der Waals surface area (Å²) in [6.45, 7) is 0.784. The topological polar surface area (TPSA) is 96.0 Å². The quantitative estimate of drug-likeness (QED) is 0.348. The molecule has 0 spiro atoms. The molecule has 1 N–H and O–H groups in total. The lowest BCUT2D eigenvalue weighted by molar-refractivity contribution is -0.139. The van der Waals surface area contributed by atoms with Crippen LogP contribution >= 0.6 is 0 Å². The molecule has 218 valence electrons. The van der Waals surface area contributed by atoms with E-state index in [0.717, 1.165) is 36.4 Å². The van der Waals surface area contributed by atoms with Crippen LogP contribution in [-0.2, 0) is 26.2 Å². The summed E-state index contributed by atoms with van der Waals surface area (Å²) in [6.07, 6.45) is 4.88. The summed E-state index contributed by atoms with van der Waals surface area (Å²) in [4.78, 5) is 28.6. The van der Waals surface area contributed by atoms with Crippen LogP contribution in [0.3, 0.4) is 0 Å². The van der Waals surface area contributed by atoms with Crippen molar-refractivity contribution in [3.63, 3.8) is 0 Å². The molecule has 3 aromatic carbocycles. The van der Waals surface area contributed by atoms with Gasteiger partial charge in [0.1, 0.15) is 24.2 Å². The Balaban J connectivity index is 1.67. The number of amides is 2. The normalized spacial score (nSPS) is 14.6. The highest BCUT2D eigenvalue weighted by Crippen LogP contribution is 2.27. The molecule has 1 saturated carbocycles. The lowest BCUT2D eigenvalue weighted by atomic mass is 9.95. The number of carbonyl (C=O) groups is 2. The number of halogens is 1. The Morgan fingerprint density at radius 2 is 1.59 bits per heavy atom. The van der Waals surface area contributed by atoms with Crippen molar-refractivity contribution in [2.75, 3.05) is 18.0 Å². The summed E-state index contributed by atoms with van der Waals surface area (Å²) < 4.78 is 48.5. The Hall–Kier alpha value is -3.92. The van der Waals surface area contributed by atoms with E-state index in [0.29, 0.717) is 5.75 Å². The van der Waals surface area contributed by atoms with Crippen LogP contribution < -0.4 is 14.4 Å². The SMILES string of the molecule is COc1ccc(N(CC(=O)N(Cc2ccccc2F)C(C)C(=O)NC2CCCCC2)S(=O)(=O)c2ccccc2)cc1. The van der Waals surface area contributed by atoms with E-state index < -0.39 is 34.3 Å². The average Bonchev–Trinajstić information content (AvgIpc) is 3.00. The molecule has 0 bridgehead atoms. The van der Waals surface area contributed by atoms with Gasteiger partial charge in [-0.2, -0.15) is 0 Å². The van der Waals surface area contributed by atoms with Gasteiger partial charge < -0.3 is 15.0 Å². The fourth-order valence-electron chi connectivity index (χ4n) is 4.96. The number of hydrogen-bond acceptors (Lipinski definition) is 5. The van der Waals surface area contributed by atoms with Crippen molar-refractivity contribution >= 4 is 27.5 Å². The molecule has 1 aliphatic carbocycles. The van der Waals surface area contributed by atoms with Crippen molar-refractivity contribution in [3.05, 3.63) is 90.2 Å². The van der Waals surface area contributed by atoms with E-state index in [1.54, 1.807) is 67.6 Å². The zero-order valence-electron chi connectivity index (χ0n) is 23.3. The lowest BCUT2D eigenvalue weighted by Crippen LogP contribution is -2.53. The number of hydrogen-bond donors (Lipinski definition) is 1. The van der Waals surface area contributed by atoms with Crippen molar-refractivity contribution in [1.82, 2.24) is 10.2 Å². The predicted molar refractivity (Wildman–Crippen MR) is 155 cm³/mol. The second-order valence-electron chi connectivity index (χ2n) is 10.2. The highest BCUT2D eigenvalue weighted by atomic mass is 32.2. The highest BCUT2D eigenvalue weighted by Gasteiger charge is 2.33. The van der Waals surface area contributed by atoms with Crippen molar-refractivity contribution < 1.29 is 27.1 Å². The maximum atomic E-state index is 14.7. The minimum atomic E-state index is -4.18. The first-order valence-electron chi connectivity index (χ1n) is 13.8. The number of nitrogens with zero attached hydrogens (tertiary/aromatic N) is 2. The molecule has 1 unspecified atom stereocenters. The van der Waals surface area contributed by atoms with E-state index >= 15 is 0 Å². The van der Waals surface area contributed by atoms with Gasteiger partial charge in [0.15, 0.2) is 0 Å². The van der Waals surface area contributed by atoms with Crippen LogP contribution in [0.15, 0.2) is 83.8 Å². The number of benzene rings is 3. The number of carbonyl (C=O) groups excluding carboxylic acids is 2. The Bertz CT molecular complexity index is 1430. The summed E-state index contributed by atoms with van der Waals surface area (Å²) in [5.41, 5.74) is 0.466. The van der Waals surface area contributed by atoms with Crippen molar-refractivity contribution in [1.29, 1.82) is 0 Å². The molecule has 1 aliphatic rings. The van der Waals surface area contributed by atoms with Crippen LogP contribution in [0.2, 0.25) is 0 Å². The van der Waals surface area contributed by atoms with Gasteiger partial charge in [-0.15, -0.1) is 0 Å². The van der Waals surface area contributed by atoms with E-state index in [-0.39, 0.29) is 34.6 Å². The molecule has 10 heteroatoms. The molecule has 8 nitrogen and oxygen atoms in total. The van der Waals surface area contributed by atoms with Crippen LogP contribution in [0, 0.1) is 5.82 Å². The summed E-state index contributed by atoms with van der Waals surface area (Å²) in [5.74, 6) is -1.00. The first kappa shape index (κ1) is 30.0. The summed E-state index contributed by atoms with van der Waals surface area (Å²) >= 11 is 0. The fourth-order valence-corrected chi connectivity index (χ4v) is 6.39. The largest absolute Gasteiger partial charge is 0.497 e. The molecule has 2 amide bonds. The van der Waals surface area contributed by atoms with Gasteiger partial charge in [0.25, 0.3) is 10.0 Å². The second-order valence-corrected chi connectivity index (χ2v) is 12.0. The van der Waals surface area contributed by atoms with Crippen LogP contribution in [0.5, 0.6) is 5.75 Å². The van der Waals surface area contributed by atoms with Gasteiger partial charge in [-0.05, 0) is 62.2 Å². The smallest absolute Gasteiger partial charge is 0.264 e. The van der Waals surface area contributed by atoms with Crippen LogP contribution in [0.25, 0.3) is 0 Å². The third kappa shape index (κ3) is 7.43. The number of methoxy groups -OCH3 is 1. The van der Waals surface area contributed by atoms with Gasteiger partial charge in [-0.3, -0.25) is 13.9 Å². The Labute approximate surface area is 241 Å². The number of rotatable bonds is 11. The highest BCUT2D eigenvalue weighted by molar-refractivity contribution is 7.92.